The highest BCUT2D eigenvalue weighted by molar-refractivity contribution is 7.11. The molecule has 0 fully saturated rings. The van der Waals surface area contributed by atoms with E-state index in [1.54, 1.807) is 11.3 Å². The molecular formula is C17H21N5O3S. The molecule has 0 saturated heterocycles. The van der Waals surface area contributed by atoms with Crippen molar-refractivity contribution in [1.29, 1.82) is 0 Å². The molecule has 0 spiro atoms. The lowest BCUT2D eigenvalue weighted by Gasteiger charge is -2.06. The number of rotatable bonds is 4. The predicted molar refractivity (Wildman–Crippen MR) is 95.4 cm³/mol. The zero-order chi connectivity index (χ0) is 18.1. The molecule has 8 nitrogen and oxygen atoms in total. The van der Waals surface area contributed by atoms with Gasteiger partial charge in [0.2, 0.25) is 0 Å². The van der Waals surface area contributed by atoms with Gasteiger partial charge in [-0.25, -0.2) is 4.98 Å². The number of hydrogen-bond acceptors (Lipinski definition) is 6. The minimum Gasteiger partial charge on any atom is -0.389 e. The van der Waals surface area contributed by atoms with Crippen LogP contribution in [0, 0.1) is 0 Å². The number of carbonyl (C=O) groups is 2. The van der Waals surface area contributed by atoms with Gasteiger partial charge in [-0.05, 0) is 25.7 Å². The smallest absolute Gasteiger partial charge is 0.271 e. The molecule has 0 bridgehead atoms. The Kier molecular flexibility index (Phi) is 4.73. The molecule has 9 heteroatoms. The molecule has 2 aromatic rings. The van der Waals surface area contributed by atoms with Gasteiger partial charge in [0.15, 0.2) is 5.69 Å². The van der Waals surface area contributed by atoms with Gasteiger partial charge in [-0.3, -0.25) is 14.3 Å². The highest BCUT2D eigenvalue weighted by Gasteiger charge is 2.24. The van der Waals surface area contributed by atoms with E-state index in [9.17, 15) is 14.7 Å². The molecular weight excluding hydrogens is 354 g/mol. The number of nitrogens with one attached hydrogen (secondary N) is 2. The molecule has 0 saturated carbocycles. The van der Waals surface area contributed by atoms with Crippen LogP contribution >= 0.6 is 11.3 Å². The van der Waals surface area contributed by atoms with E-state index < -0.39 is 6.10 Å². The fraction of sp³-hybridized carbons (Fsp3) is 0.529. The molecule has 2 amide bonds. The van der Waals surface area contributed by atoms with E-state index in [0.717, 1.165) is 17.8 Å². The molecule has 0 radical (unpaired) electrons. The number of aryl methyl sites for hydroxylation is 2. The summed E-state index contributed by atoms with van der Waals surface area (Å²) in [5, 5.41) is 20.4. The SMILES string of the molecule is O=C(NCCc1nc2c(s1)CCCC2)c1cc2n(n1)CC(O)CNC2=O. The van der Waals surface area contributed by atoms with Crippen molar-refractivity contribution >= 4 is 23.2 Å². The maximum Gasteiger partial charge on any atom is 0.271 e. The number of aliphatic hydroxyl groups excluding tert-OH is 1. The lowest BCUT2D eigenvalue weighted by molar-refractivity contribution is 0.0931. The van der Waals surface area contributed by atoms with Crippen LogP contribution in [-0.4, -0.2) is 50.9 Å². The third-order valence-electron chi connectivity index (χ3n) is 4.64. The number of thiazole rings is 1. The maximum absolute atomic E-state index is 12.3. The van der Waals surface area contributed by atoms with Gasteiger partial charge in [-0.15, -0.1) is 11.3 Å². The van der Waals surface area contributed by atoms with Gasteiger partial charge < -0.3 is 15.7 Å². The molecule has 2 aromatic heterocycles. The topological polar surface area (TPSA) is 109 Å². The molecule has 138 valence electrons. The second kappa shape index (κ2) is 7.16. The first-order valence-electron chi connectivity index (χ1n) is 8.90. The average molecular weight is 375 g/mol. The second-order valence-corrected chi connectivity index (χ2v) is 7.82. The number of carbonyl (C=O) groups excluding carboxylic acids is 2. The summed E-state index contributed by atoms with van der Waals surface area (Å²) in [5.41, 5.74) is 1.70. The largest absolute Gasteiger partial charge is 0.389 e. The Labute approximate surface area is 154 Å². The van der Waals surface area contributed by atoms with Gasteiger partial charge >= 0.3 is 0 Å². The molecule has 4 rings (SSSR count). The third kappa shape index (κ3) is 3.49. The van der Waals surface area contributed by atoms with Crippen molar-refractivity contribution in [1.82, 2.24) is 25.4 Å². The highest BCUT2D eigenvalue weighted by atomic mass is 32.1. The van der Waals surface area contributed by atoms with Gasteiger partial charge in [0.25, 0.3) is 11.8 Å². The normalized spacial score (nSPS) is 19.3. The van der Waals surface area contributed by atoms with Gasteiger partial charge in [-0.2, -0.15) is 5.10 Å². The van der Waals surface area contributed by atoms with Crippen molar-refractivity contribution in [2.24, 2.45) is 0 Å². The molecule has 3 N–H and O–H groups in total. The Morgan fingerprint density at radius 3 is 3.12 bits per heavy atom. The fourth-order valence-electron chi connectivity index (χ4n) is 3.30. The summed E-state index contributed by atoms with van der Waals surface area (Å²) in [6.45, 7) is 0.843. The van der Waals surface area contributed by atoms with E-state index in [-0.39, 0.29) is 30.6 Å². The summed E-state index contributed by atoms with van der Waals surface area (Å²) in [4.78, 5) is 30.3. The summed E-state index contributed by atoms with van der Waals surface area (Å²) < 4.78 is 1.39. The van der Waals surface area contributed by atoms with Crippen molar-refractivity contribution < 1.29 is 14.7 Å². The third-order valence-corrected chi connectivity index (χ3v) is 5.86. The Bertz CT molecular complexity index is 820. The Hall–Kier alpha value is -2.26. The van der Waals surface area contributed by atoms with Crippen LogP contribution < -0.4 is 10.6 Å². The number of amides is 2. The molecule has 1 aliphatic carbocycles. The number of nitrogens with zero attached hydrogens (tertiary/aromatic N) is 3. The van der Waals surface area contributed by atoms with Gasteiger partial charge in [0.05, 0.1) is 23.4 Å². The van der Waals surface area contributed by atoms with Crippen LogP contribution in [0.3, 0.4) is 0 Å². The van der Waals surface area contributed by atoms with E-state index in [2.05, 4.69) is 20.7 Å². The zero-order valence-electron chi connectivity index (χ0n) is 14.3. The lowest BCUT2D eigenvalue weighted by Crippen LogP contribution is -2.30. The minimum absolute atomic E-state index is 0.182. The molecule has 2 aliphatic rings. The first-order chi connectivity index (χ1) is 12.6. The minimum atomic E-state index is -0.716. The van der Waals surface area contributed by atoms with Crippen LogP contribution in [0.15, 0.2) is 6.07 Å². The number of aliphatic hydroxyl groups is 1. The number of aromatic nitrogens is 3. The zero-order valence-corrected chi connectivity index (χ0v) is 15.1. The first kappa shape index (κ1) is 17.2. The van der Waals surface area contributed by atoms with Crippen molar-refractivity contribution in [3.63, 3.8) is 0 Å². The van der Waals surface area contributed by atoms with Crippen LogP contribution in [0.1, 0.15) is 49.4 Å². The first-order valence-corrected chi connectivity index (χ1v) is 9.71. The summed E-state index contributed by atoms with van der Waals surface area (Å²) in [6.07, 6.45) is 4.60. The molecule has 1 unspecified atom stereocenters. The maximum atomic E-state index is 12.3. The van der Waals surface area contributed by atoms with E-state index in [0.29, 0.717) is 18.7 Å². The van der Waals surface area contributed by atoms with Crippen molar-refractivity contribution in [2.45, 2.75) is 44.8 Å². The monoisotopic (exact) mass is 375 g/mol. The second-order valence-electron chi connectivity index (χ2n) is 6.65. The molecule has 1 aliphatic heterocycles. The van der Waals surface area contributed by atoms with E-state index in [4.69, 9.17) is 0 Å². The summed E-state index contributed by atoms with van der Waals surface area (Å²) in [5.74, 6) is -0.657. The van der Waals surface area contributed by atoms with Crippen molar-refractivity contribution in [2.75, 3.05) is 13.1 Å². The average Bonchev–Trinajstić information content (AvgIpc) is 3.20. The Balaban J connectivity index is 1.36. The predicted octanol–water partition coefficient (Wildman–Crippen LogP) is 0.295. The van der Waals surface area contributed by atoms with Crippen LogP contribution in [0.4, 0.5) is 0 Å². The molecule has 3 heterocycles. The van der Waals surface area contributed by atoms with Gasteiger partial charge in [-0.1, -0.05) is 0 Å². The summed E-state index contributed by atoms with van der Waals surface area (Å²) >= 11 is 1.74. The van der Waals surface area contributed by atoms with Crippen molar-refractivity contribution in [3.05, 3.63) is 33.0 Å². The number of fused-ring (bicyclic) bond motifs is 2. The van der Waals surface area contributed by atoms with E-state index in [1.165, 1.54) is 34.2 Å². The summed E-state index contributed by atoms with van der Waals surface area (Å²) in [7, 11) is 0. The standard InChI is InChI=1S/C17H21N5O3S/c23-10-8-19-17(25)13-7-12(21-22(13)9-10)16(24)18-6-5-15-20-11-3-1-2-4-14(11)26-15/h7,10,23H,1-6,8-9H2,(H,18,24)(H,19,25). The molecule has 1 atom stereocenters. The highest BCUT2D eigenvalue weighted by Crippen LogP contribution is 2.26. The molecule has 26 heavy (non-hydrogen) atoms. The summed E-state index contributed by atoms with van der Waals surface area (Å²) in [6, 6.07) is 1.46. The van der Waals surface area contributed by atoms with Gasteiger partial charge in [0, 0.05) is 30.5 Å². The Morgan fingerprint density at radius 1 is 1.42 bits per heavy atom. The van der Waals surface area contributed by atoms with Crippen LogP contribution in [-0.2, 0) is 25.8 Å². The van der Waals surface area contributed by atoms with Crippen LogP contribution in [0.2, 0.25) is 0 Å². The van der Waals surface area contributed by atoms with Gasteiger partial charge in [0.1, 0.15) is 5.69 Å². The lowest BCUT2D eigenvalue weighted by atomic mass is 10.0. The number of β-amino-alcohol motifs (C(OH)–C–C–N with tert-alkyl or cyclic N) is 1. The van der Waals surface area contributed by atoms with Crippen LogP contribution in [0.25, 0.3) is 0 Å². The Morgan fingerprint density at radius 2 is 2.27 bits per heavy atom. The molecule has 0 aromatic carbocycles. The van der Waals surface area contributed by atoms with E-state index >= 15 is 0 Å². The quantitative estimate of drug-likeness (QED) is 0.712. The van der Waals surface area contributed by atoms with Crippen molar-refractivity contribution in [3.8, 4) is 0 Å². The number of hydrogen-bond donors (Lipinski definition) is 3. The van der Waals surface area contributed by atoms with E-state index in [1.807, 2.05) is 0 Å². The van der Waals surface area contributed by atoms with Crippen LogP contribution in [0.5, 0.6) is 0 Å². The fourth-order valence-corrected chi connectivity index (χ4v) is 4.46.